The van der Waals surface area contributed by atoms with E-state index >= 15 is 0 Å². The maximum atomic E-state index is 3.22. The fourth-order valence-corrected chi connectivity index (χ4v) is 1.75. The van der Waals surface area contributed by atoms with Crippen molar-refractivity contribution in [1.82, 2.24) is 5.32 Å². The van der Waals surface area contributed by atoms with Gasteiger partial charge in [0.2, 0.25) is 0 Å². The van der Waals surface area contributed by atoms with E-state index in [9.17, 15) is 0 Å². The van der Waals surface area contributed by atoms with Gasteiger partial charge < -0.3 is 5.32 Å². The first-order valence-corrected chi connectivity index (χ1v) is 5.36. The summed E-state index contributed by atoms with van der Waals surface area (Å²) in [5, 5.41) is 3.22. The van der Waals surface area contributed by atoms with Crippen molar-refractivity contribution in [1.29, 1.82) is 0 Å². The molecule has 0 atom stereocenters. The number of nitrogens with one attached hydrogen (secondary N) is 1. The van der Waals surface area contributed by atoms with Crippen molar-refractivity contribution < 1.29 is 0 Å². The van der Waals surface area contributed by atoms with Crippen LogP contribution >= 0.6 is 0 Å². The molecule has 1 aromatic carbocycles. The molecule has 0 heterocycles. The molecule has 0 aliphatic rings. The normalized spacial score (nSPS) is 10.9. The summed E-state index contributed by atoms with van der Waals surface area (Å²) < 4.78 is 0. The maximum Gasteiger partial charge on any atom is 0.0205 e. The zero-order valence-corrected chi connectivity index (χ0v) is 9.72. The number of hydrogen-bond donors (Lipinski definition) is 1. The van der Waals surface area contributed by atoms with Crippen LogP contribution in [0.4, 0.5) is 0 Å². The zero-order chi connectivity index (χ0) is 10.6. The summed E-state index contributed by atoms with van der Waals surface area (Å²) in [7, 11) is 2.00. The highest BCUT2D eigenvalue weighted by Gasteiger charge is 2.04. The fourth-order valence-electron chi connectivity index (χ4n) is 1.75. The van der Waals surface area contributed by atoms with E-state index in [1.165, 1.54) is 23.1 Å². The van der Waals surface area contributed by atoms with Gasteiger partial charge in [-0.1, -0.05) is 37.6 Å². The zero-order valence-electron chi connectivity index (χ0n) is 9.72. The summed E-state index contributed by atoms with van der Waals surface area (Å²) >= 11 is 0. The molecule has 1 N–H and O–H groups in total. The molecule has 1 rings (SSSR count). The molecule has 0 aliphatic carbocycles. The van der Waals surface area contributed by atoms with Crippen LogP contribution in [0.25, 0.3) is 0 Å². The van der Waals surface area contributed by atoms with Gasteiger partial charge in [0.15, 0.2) is 0 Å². The molecule has 14 heavy (non-hydrogen) atoms. The van der Waals surface area contributed by atoms with E-state index in [1.807, 2.05) is 7.05 Å². The monoisotopic (exact) mass is 191 g/mol. The lowest BCUT2D eigenvalue weighted by Crippen LogP contribution is -2.09. The molecule has 0 spiro atoms. The minimum Gasteiger partial charge on any atom is -0.316 e. The molecule has 0 radical (unpaired) electrons. The summed E-state index contributed by atoms with van der Waals surface area (Å²) in [6, 6.07) is 6.74. The van der Waals surface area contributed by atoms with Crippen LogP contribution in [0, 0.1) is 12.8 Å². The first-order valence-electron chi connectivity index (χ1n) is 5.36. The third-order valence-electron chi connectivity index (χ3n) is 2.36. The molecular formula is C13H21N. The van der Waals surface area contributed by atoms with Gasteiger partial charge in [-0.2, -0.15) is 0 Å². The molecule has 0 bridgehead atoms. The second-order valence-electron chi connectivity index (χ2n) is 4.40. The molecule has 0 unspecified atom stereocenters. The Labute approximate surface area is 87.5 Å². The minimum absolute atomic E-state index is 0.729. The van der Waals surface area contributed by atoms with E-state index in [0.29, 0.717) is 0 Å². The third kappa shape index (κ3) is 3.15. The molecule has 0 saturated carbocycles. The van der Waals surface area contributed by atoms with Gasteiger partial charge in [0.05, 0.1) is 0 Å². The standard InChI is InChI=1S/C13H21N/c1-10(2)7-13-8-11(3)5-6-12(13)9-14-4/h5-6,8,10,14H,7,9H2,1-4H3. The van der Waals surface area contributed by atoms with Crippen molar-refractivity contribution in [2.24, 2.45) is 5.92 Å². The predicted molar refractivity (Wildman–Crippen MR) is 62.5 cm³/mol. The number of hydrogen-bond acceptors (Lipinski definition) is 1. The average molecular weight is 191 g/mol. The van der Waals surface area contributed by atoms with Crippen LogP contribution in [0.15, 0.2) is 18.2 Å². The van der Waals surface area contributed by atoms with Crippen LogP contribution in [-0.4, -0.2) is 7.05 Å². The Kier molecular flexibility index (Phi) is 4.15. The van der Waals surface area contributed by atoms with E-state index in [2.05, 4.69) is 44.3 Å². The number of benzene rings is 1. The Morgan fingerprint density at radius 1 is 1.21 bits per heavy atom. The molecule has 0 amide bonds. The molecule has 0 saturated heterocycles. The van der Waals surface area contributed by atoms with Gasteiger partial charge in [-0.25, -0.2) is 0 Å². The van der Waals surface area contributed by atoms with E-state index in [-0.39, 0.29) is 0 Å². The Balaban J connectivity index is 2.90. The van der Waals surface area contributed by atoms with Gasteiger partial charge in [-0.3, -0.25) is 0 Å². The van der Waals surface area contributed by atoms with Crippen LogP contribution in [0.1, 0.15) is 30.5 Å². The summed E-state index contributed by atoms with van der Waals surface area (Å²) in [4.78, 5) is 0. The lowest BCUT2D eigenvalue weighted by molar-refractivity contribution is 0.639. The van der Waals surface area contributed by atoms with Gasteiger partial charge in [0.25, 0.3) is 0 Å². The van der Waals surface area contributed by atoms with E-state index < -0.39 is 0 Å². The molecule has 0 aromatic heterocycles. The van der Waals surface area contributed by atoms with Crippen LogP contribution in [0.2, 0.25) is 0 Å². The molecule has 1 nitrogen and oxygen atoms in total. The minimum atomic E-state index is 0.729. The van der Waals surface area contributed by atoms with E-state index in [1.54, 1.807) is 0 Å². The fraction of sp³-hybridized carbons (Fsp3) is 0.538. The Hall–Kier alpha value is -0.820. The molecule has 0 fully saturated rings. The first-order chi connectivity index (χ1) is 6.63. The molecule has 1 heteroatoms. The van der Waals surface area contributed by atoms with E-state index in [0.717, 1.165) is 12.5 Å². The summed E-state index contributed by atoms with van der Waals surface area (Å²) in [6.45, 7) is 7.67. The van der Waals surface area contributed by atoms with Crippen molar-refractivity contribution in [3.05, 3.63) is 34.9 Å². The highest BCUT2D eigenvalue weighted by molar-refractivity contribution is 5.31. The second-order valence-corrected chi connectivity index (χ2v) is 4.40. The smallest absolute Gasteiger partial charge is 0.0205 e. The van der Waals surface area contributed by atoms with Gasteiger partial charge >= 0.3 is 0 Å². The maximum absolute atomic E-state index is 3.22. The third-order valence-corrected chi connectivity index (χ3v) is 2.36. The van der Waals surface area contributed by atoms with E-state index in [4.69, 9.17) is 0 Å². The van der Waals surface area contributed by atoms with Gasteiger partial charge in [-0.15, -0.1) is 0 Å². The summed E-state index contributed by atoms with van der Waals surface area (Å²) in [5.41, 5.74) is 4.29. The van der Waals surface area contributed by atoms with Gasteiger partial charge in [-0.05, 0) is 37.4 Å². The lowest BCUT2D eigenvalue weighted by atomic mass is 9.96. The highest BCUT2D eigenvalue weighted by atomic mass is 14.8. The second kappa shape index (κ2) is 5.16. The topological polar surface area (TPSA) is 12.0 Å². The average Bonchev–Trinajstić information content (AvgIpc) is 2.09. The van der Waals surface area contributed by atoms with Gasteiger partial charge in [0.1, 0.15) is 0 Å². The first kappa shape index (κ1) is 11.3. The molecule has 78 valence electrons. The SMILES string of the molecule is CNCc1ccc(C)cc1CC(C)C. The number of rotatable bonds is 4. The largest absolute Gasteiger partial charge is 0.316 e. The Morgan fingerprint density at radius 3 is 2.50 bits per heavy atom. The van der Waals surface area contributed by atoms with Crippen LogP contribution in [-0.2, 0) is 13.0 Å². The van der Waals surface area contributed by atoms with Gasteiger partial charge in [0, 0.05) is 6.54 Å². The van der Waals surface area contributed by atoms with Crippen LogP contribution < -0.4 is 5.32 Å². The molecular weight excluding hydrogens is 170 g/mol. The summed E-state index contributed by atoms with van der Waals surface area (Å²) in [6.07, 6.45) is 1.18. The van der Waals surface area contributed by atoms with Crippen molar-refractivity contribution in [3.8, 4) is 0 Å². The predicted octanol–water partition coefficient (Wildman–Crippen LogP) is 2.91. The number of aryl methyl sites for hydroxylation is 1. The van der Waals surface area contributed by atoms with Crippen molar-refractivity contribution in [3.63, 3.8) is 0 Å². The van der Waals surface area contributed by atoms with Crippen molar-refractivity contribution in [2.45, 2.75) is 33.7 Å². The van der Waals surface area contributed by atoms with Crippen molar-refractivity contribution in [2.75, 3.05) is 7.05 Å². The highest BCUT2D eigenvalue weighted by Crippen LogP contribution is 2.15. The summed E-state index contributed by atoms with van der Waals surface area (Å²) in [5.74, 6) is 0.729. The van der Waals surface area contributed by atoms with Crippen LogP contribution in [0.5, 0.6) is 0 Å². The quantitative estimate of drug-likeness (QED) is 0.771. The van der Waals surface area contributed by atoms with Crippen LogP contribution in [0.3, 0.4) is 0 Å². The molecule has 1 aromatic rings. The Morgan fingerprint density at radius 2 is 1.93 bits per heavy atom. The van der Waals surface area contributed by atoms with Crippen molar-refractivity contribution >= 4 is 0 Å². The lowest BCUT2D eigenvalue weighted by Gasteiger charge is -2.12. The Bertz CT molecular complexity index is 289. The molecule has 0 aliphatic heterocycles.